The van der Waals surface area contributed by atoms with Crippen LogP contribution in [0.15, 0.2) is 0 Å². The minimum absolute atomic E-state index is 0.211. The lowest BCUT2D eigenvalue weighted by Gasteiger charge is -2.31. The summed E-state index contributed by atoms with van der Waals surface area (Å²) in [7, 11) is 0. The molecule has 0 amide bonds. The third-order valence-electron chi connectivity index (χ3n) is 7.06. The molecule has 2 aliphatic heterocycles. The summed E-state index contributed by atoms with van der Waals surface area (Å²) in [6.45, 7) is 17.3. The predicted molar refractivity (Wildman–Crippen MR) is 184 cm³/mol. The van der Waals surface area contributed by atoms with Crippen molar-refractivity contribution in [1.29, 1.82) is 0 Å². The highest BCUT2D eigenvalue weighted by Gasteiger charge is 2.34. The van der Waals surface area contributed by atoms with Crippen molar-refractivity contribution in [2.75, 3.05) is 49.2 Å². The Kier molecular flexibility index (Phi) is 14.4. The Bertz CT molecular complexity index is 736. The Hall–Kier alpha value is 0.260. The largest absolute Gasteiger partial charge is 0.353 e. The lowest BCUT2D eigenvalue weighted by molar-refractivity contribution is 0.283. The minimum atomic E-state index is 0.211. The van der Waals surface area contributed by atoms with Gasteiger partial charge in [-0.05, 0) is 104 Å². The van der Waals surface area contributed by atoms with Crippen LogP contribution in [0.25, 0.3) is 0 Å². The van der Waals surface area contributed by atoms with Crippen LogP contribution in [0, 0.1) is 10.8 Å². The van der Waals surface area contributed by atoms with E-state index in [2.05, 4.69) is 85.1 Å². The van der Waals surface area contributed by atoms with Crippen LogP contribution in [0.5, 0.6) is 0 Å². The molecule has 0 bridgehead atoms. The van der Waals surface area contributed by atoms with Crippen LogP contribution in [0.2, 0.25) is 0 Å². The molecular weight excluding hydrogens is 573 g/mol. The number of nitrogens with zero attached hydrogens (tertiary/aromatic N) is 3. The first-order valence-electron chi connectivity index (χ1n) is 13.8. The SMILES string of the molecule is CCC1NC(=S)N(CC(C)(C)CCCSCCCSCCCC(C)(C)CN2C(=S)CN(CC)C2=S)C1=S. The first kappa shape index (κ1) is 33.5. The monoisotopic (exact) mass is 620 g/mol. The third-order valence-corrected chi connectivity index (χ3v) is 11.0. The molecule has 37 heavy (non-hydrogen) atoms. The maximum absolute atomic E-state index is 5.65. The second-order valence-corrected chi connectivity index (χ2v) is 15.8. The number of rotatable bonds is 18. The number of hydrogen-bond acceptors (Lipinski definition) is 6. The van der Waals surface area contributed by atoms with Crippen molar-refractivity contribution >= 4 is 92.6 Å². The summed E-state index contributed by atoms with van der Waals surface area (Å²) in [5.41, 5.74) is 0.434. The quantitative estimate of drug-likeness (QED) is 0.127. The lowest BCUT2D eigenvalue weighted by atomic mass is 9.87. The van der Waals surface area contributed by atoms with E-state index in [1.165, 1.54) is 55.1 Å². The average molecular weight is 621 g/mol. The molecule has 0 saturated carbocycles. The topological polar surface area (TPSA) is 21.8 Å². The van der Waals surface area contributed by atoms with Gasteiger partial charge in [0.1, 0.15) is 9.98 Å². The van der Waals surface area contributed by atoms with Gasteiger partial charge in [0, 0.05) is 19.6 Å². The molecule has 0 aromatic carbocycles. The fourth-order valence-electron chi connectivity index (χ4n) is 4.79. The normalized spacial score (nSPS) is 19.0. The zero-order valence-corrected chi connectivity index (χ0v) is 28.7. The fraction of sp³-hybridized carbons (Fsp3) is 0.852. The minimum Gasteiger partial charge on any atom is -0.353 e. The van der Waals surface area contributed by atoms with Gasteiger partial charge in [-0.15, -0.1) is 0 Å². The highest BCUT2D eigenvalue weighted by atomic mass is 32.2. The summed E-state index contributed by atoms with van der Waals surface area (Å²) in [4.78, 5) is 8.49. The molecule has 10 heteroatoms. The van der Waals surface area contributed by atoms with Gasteiger partial charge in [0.15, 0.2) is 10.2 Å². The highest BCUT2D eigenvalue weighted by Crippen LogP contribution is 2.29. The summed E-state index contributed by atoms with van der Waals surface area (Å²) in [6, 6.07) is 0.234. The molecule has 1 unspecified atom stereocenters. The molecule has 0 aromatic heterocycles. The first-order chi connectivity index (χ1) is 17.4. The van der Waals surface area contributed by atoms with Crippen LogP contribution >= 0.6 is 72.4 Å². The van der Waals surface area contributed by atoms with Crippen LogP contribution in [0.3, 0.4) is 0 Å². The Labute approximate surface area is 257 Å². The van der Waals surface area contributed by atoms with Crippen LogP contribution < -0.4 is 5.32 Å². The summed E-state index contributed by atoms with van der Waals surface area (Å²) in [6.07, 6.45) is 7.20. The molecule has 4 nitrogen and oxygen atoms in total. The number of likely N-dealkylation sites (N-methyl/N-ethyl adjacent to an activating group) is 1. The second-order valence-electron chi connectivity index (χ2n) is 11.7. The third kappa shape index (κ3) is 11.0. The zero-order chi connectivity index (χ0) is 27.6. The smallest absolute Gasteiger partial charge is 0.176 e. The lowest BCUT2D eigenvalue weighted by Crippen LogP contribution is -2.39. The number of thiocarbonyl (C=S) groups is 4. The second kappa shape index (κ2) is 15.9. The molecule has 0 aromatic rings. The molecule has 2 aliphatic rings. The van der Waals surface area contributed by atoms with Crippen LogP contribution in [0.1, 0.15) is 80.1 Å². The number of hydrogen-bond donors (Lipinski definition) is 1. The molecule has 2 saturated heterocycles. The average Bonchev–Trinajstić information content (AvgIpc) is 3.25. The molecule has 2 heterocycles. The fourth-order valence-corrected chi connectivity index (χ4v) is 8.25. The van der Waals surface area contributed by atoms with Crippen molar-refractivity contribution in [2.45, 2.75) is 86.1 Å². The van der Waals surface area contributed by atoms with Gasteiger partial charge in [-0.25, -0.2) is 0 Å². The maximum atomic E-state index is 5.65. The van der Waals surface area contributed by atoms with Gasteiger partial charge in [-0.3, -0.25) is 0 Å². The van der Waals surface area contributed by atoms with Gasteiger partial charge >= 0.3 is 0 Å². The summed E-state index contributed by atoms with van der Waals surface area (Å²) >= 11 is 26.6. The highest BCUT2D eigenvalue weighted by molar-refractivity contribution is 8.00. The number of thioether (sulfide) groups is 2. The van der Waals surface area contributed by atoms with Gasteiger partial charge in [0.05, 0.1) is 12.6 Å². The Morgan fingerprint density at radius 2 is 1.32 bits per heavy atom. The Morgan fingerprint density at radius 3 is 1.78 bits per heavy atom. The standard InChI is InChI=1S/C27H48N4S6/c1-7-21-23(33)31(24(34)28-21)20-27(5,6)13-10-15-37-17-11-16-36-14-9-12-26(3,4)19-30-22(32)18-29(8-2)25(30)35/h21H,7-20H2,1-6H3,(H,28,34). The summed E-state index contributed by atoms with van der Waals surface area (Å²) < 4.78 is 0. The van der Waals surface area contributed by atoms with Crippen molar-refractivity contribution < 1.29 is 0 Å². The van der Waals surface area contributed by atoms with E-state index in [0.29, 0.717) is 0 Å². The predicted octanol–water partition coefficient (Wildman–Crippen LogP) is 7.00. The molecule has 1 N–H and O–H groups in total. The van der Waals surface area contributed by atoms with Gasteiger partial charge in [-0.1, -0.05) is 59.1 Å². The molecule has 2 fully saturated rings. The van der Waals surface area contributed by atoms with E-state index < -0.39 is 0 Å². The molecule has 0 spiro atoms. The van der Waals surface area contributed by atoms with Crippen molar-refractivity contribution in [1.82, 2.24) is 20.0 Å². The van der Waals surface area contributed by atoms with Crippen LogP contribution in [-0.4, -0.2) is 90.1 Å². The van der Waals surface area contributed by atoms with E-state index in [4.69, 9.17) is 48.9 Å². The maximum Gasteiger partial charge on any atom is 0.176 e. The van der Waals surface area contributed by atoms with Crippen LogP contribution in [0.4, 0.5) is 0 Å². The van der Waals surface area contributed by atoms with Crippen molar-refractivity contribution in [3.63, 3.8) is 0 Å². The van der Waals surface area contributed by atoms with Gasteiger partial charge in [-0.2, -0.15) is 23.5 Å². The molecule has 0 radical (unpaired) electrons. The van der Waals surface area contributed by atoms with E-state index in [-0.39, 0.29) is 16.9 Å². The Balaban J connectivity index is 1.49. The van der Waals surface area contributed by atoms with E-state index >= 15 is 0 Å². The molecule has 2 rings (SSSR count). The van der Waals surface area contributed by atoms with Gasteiger partial charge < -0.3 is 20.0 Å². The van der Waals surface area contributed by atoms with E-state index in [0.717, 1.165) is 52.8 Å². The Morgan fingerprint density at radius 1 is 0.811 bits per heavy atom. The van der Waals surface area contributed by atoms with E-state index in [1.54, 1.807) is 0 Å². The van der Waals surface area contributed by atoms with Crippen molar-refractivity contribution in [2.24, 2.45) is 10.8 Å². The van der Waals surface area contributed by atoms with Crippen molar-refractivity contribution in [3.05, 3.63) is 0 Å². The first-order valence-corrected chi connectivity index (χ1v) is 17.7. The van der Waals surface area contributed by atoms with Gasteiger partial charge in [0.2, 0.25) is 0 Å². The summed E-state index contributed by atoms with van der Waals surface area (Å²) in [5, 5.41) is 5.08. The molecule has 212 valence electrons. The van der Waals surface area contributed by atoms with Crippen molar-refractivity contribution in [3.8, 4) is 0 Å². The zero-order valence-electron chi connectivity index (χ0n) is 23.8. The van der Waals surface area contributed by atoms with E-state index in [1.807, 2.05) is 0 Å². The van der Waals surface area contributed by atoms with E-state index in [9.17, 15) is 0 Å². The van der Waals surface area contributed by atoms with Crippen LogP contribution in [-0.2, 0) is 0 Å². The summed E-state index contributed by atoms with van der Waals surface area (Å²) in [5.74, 6) is 5.01. The molecular formula is C27H48N4S6. The molecule has 1 atom stereocenters. The number of nitrogens with one attached hydrogen (secondary N) is 1. The van der Waals surface area contributed by atoms with Gasteiger partial charge in [0.25, 0.3) is 0 Å². The molecule has 0 aliphatic carbocycles.